The van der Waals surface area contributed by atoms with Crippen LogP contribution in [-0.4, -0.2) is 48.8 Å². The minimum atomic E-state index is -3.43. The molecule has 0 bridgehead atoms. The highest BCUT2D eigenvalue weighted by molar-refractivity contribution is 7.60. The molecule has 0 amide bonds. The molecule has 0 fully saturated rings. The molecule has 0 spiro atoms. The molecule has 144 valence electrons. The number of hydrogen-bond donors (Lipinski definition) is 2. The number of ether oxygens (including phenoxy) is 2. The van der Waals surface area contributed by atoms with Crippen molar-refractivity contribution in [3.05, 3.63) is 0 Å². The maximum Gasteiger partial charge on any atom is 0.320 e. The van der Waals surface area contributed by atoms with Gasteiger partial charge < -0.3 is 19.1 Å². The second kappa shape index (κ2) is 12.0. The van der Waals surface area contributed by atoms with E-state index < -0.39 is 31.2 Å². The molecule has 8 heteroatoms. The summed E-state index contributed by atoms with van der Waals surface area (Å²) in [6.07, 6.45) is 0.877. The topological polar surface area (TPSA) is 94.1 Å². The monoisotopic (exact) mass is 367 g/mol. The number of nitrogens with one attached hydrogen (secondary N) is 1. The molecule has 0 aliphatic heterocycles. The first kappa shape index (κ1) is 23.5. The number of carboxylic acids is 1. The predicted molar refractivity (Wildman–Crippen MR) is 94.4 cm³/mol. The maximum atomic E-state index is 13.5. The Morgan fingerprint density at radius 2 is 1.62 bits per heavy atom. The lowest BCUT2D eigenvalue weighted by Gasteiger charge is -2.34. The van der Waals surface area contributed by atoms with Gasteiger partial charge in [-0.3, -0.25) is 14.7 Å². The molecule has 0 aliphatic carbocycles. The molecule has 0 heterocycles. The Balaban J connectivity index is 5.52. The Morgan fingerprint density at radius 1 is 1.08 bits per heavy atom. The van der Waals surface area contributed by atoms with Crippen LogP contribution in [0.4, 0.5) is 0 Å². The van der Waals surface area contributed by atoms with E-state index in [0.717, 1.165) is 0 Å². The van der Waals surface area contributed by atoms with Gasteiger partial charge >= 0.3 is 5.97 Å². The Labute approximate surface area is 145 Å². The molecule has 0 saturated carbocycles. The number of rotatable bonds is 14. The summed E-state index contributed by atoms with van der Waals surface area (Å²) < 4.78 is 30.1. The van der Waals surface area contributed by atoms with Gasteiger partial charge in [0.25, 0.3) is 7.37 Å². The van der Waals surface area contributed by atoms with Crippen LogP contribution in [-0.2, 0) is 23.4 Å². The fraction of sp³-hybridized carbons (Fsp3) is 0.938. The molecule has 0 radical (unpaired) electrons. The largest absolute Gasteiger partial charge is 0.480 e. The molecule has 0 aliphatic rings. The molecule has 3 atom stereocenters. The van der Waals surface area contributed by atoms with Crippen LogP contribution in [0.3, 0.4) is 0 Å². The van der Waals surface area contributed by atoms with E-state index in [9.17, 15) is 14.5 Å². The van der Waals surface area contributed by atoms with Gasteiger partial charge in [0.15, 0.2) is 0 Å². The highest BCUT2D eigenvalue weighted by Crippen LogP contribution is 2.57. The Bertz CT molecular complexity index is 398. The molecule has 0 aromatic rings. The zero-order chi connectivity index (χ0) is 18.8. The molecule has 24 heavy (non-hydrogen) atoms. The summed E-state index contributed by atoms with van der Waals surface area (Å²) in [6.45, 7) is 11.9. The van der Waals surface area contributed by atoms with Gasteiger partial charge in [-0.15, -0.1) is 0 Å². The van der Waals surface area contributed by atoms with Crippen molar-refractivity contribution < 1.29 is 28.5 Å². The lowest BCUT2D eigenvalue weighted by Crippen LogP contribution is -2.45. The zero-order valence-corrected chi connectivity index (χ0v) is 16.7. The number of hydrogen-bond acceptors (Lipinski definition) is 6. The van der Waals surface area contributed by atoms with Crippen LogP contribution in [0.15, 0.2) is 0 Å². The third-order valence-corrected chi connectivity index (χ3v) is 6.39. The summed E-state index contributed by atoms with van der Waals surface area (Å²) in [4.78, 5) is 11.5. The molecule has 0 unspecified atom stereocenters. The normalized spacial score (nSPS) is 17.0. The first-order valence-corrected chi connectivity index (χ1v) is 10.5. The first-order chi connectivity index (χ1) is 11.3. The van der Waals surface area contributed by atoms with Crippen LogP contribution in [0.1, 0.15) is 54.4 Å². The van der Waals surface area contributed by atoms with Gasteiger partial charge in [-0.05, 0) is 39.5 Å². The van der Waals surface area contributed by atoms with E-state index in [1.807, 2.05) is 20.8 Å². The standard InChI is InChI=1S/C16H34NO6P/c1-7-14(17-13(15(18)19)11-12(5)6)24(20,23-10-4)16(21-8-2)22-9-3/h12-14,16-17H,7-11H2,1-6H3,(H,18,19)/t13-,14+,24+/m1/s1. The molecule has 0 saturated heterocycles. The molecule has 0 rings (SSSR count). The first-order valence-electron chi connectivity index (χ1n) is 8.72. The van der Waals surface area contributed by atoms with E-state index in [0.29, 0.717) is 26.1 Å². The quantitative estimate of drug-likeness (QED) is 0.358. The summed E-state index contributed by atoms with van der Waals surface area (Å²) in [5, 5.41) is 12.5. The summed E-state index contributed by atoms with van der Waals surface area (Å²) in [5.74, 6) is -1.42. The maximum absolute atomic E-state index is 13.5. The van der Waals surface area contributed by atoms with Crippen molar-refractivity contribution in [2.75, 3.05) is 19.8 Å². The second-order valence-corrected chi connectivity index (χ2v) is 8.49. The van der Waals surface area contributed by atoms with E-state index in [2.05, 4.69) is 5.32 Å². The second-order valence-electron chi connectivity index (χ2n) is 5.89. The molecule has 0 aromatic heterocycles. The van der Waals surface area contributed by atoms with Crippen LogP contribution in [0.5, 0.6) is 0 Å². The van der Waals surface area contributed by atoms with E-state index >= 15 is 0 Å². The van der Waals surface area contributed by atoms with Crippen molar-refractivity contribution in [3.8, 4) is 0 Å². The van der Waals surface area contributed by atoms with Gasteiger partial charge in [0.05, 0.1) is 12.4 Å². The number of carbonyl (C=O) groups is 1. The summed E-state index contributed by atoms with van der Waals surface area (Å²) >= 11 is 0. The predicted octanol–water partition coefficient (Wildman–Crippen LogP) is 3.48. The Hall–Kier alpha value is -0.460. The fourth-order valence-electron chi connectivity index (χ4n) is 2.46. The van der Waals surface area contributed by atoms with Crippen molar-refractivity contribution in [2.24, 2.45) is 5.92 Å². The van der Waals surface area contributed by atoms with Crippen molar-refractivity contribution in [1.29, 1.82) is 0 Å². The SMILES string of the molecule is CCOC(OCC)[P@@](=O)(OCC)[C@@H](CC)N[C@H](CC(C)C)C(=O)O. The van der Waals surface area contributed by atoms with Crippen molar-refractivity contribution in [3.63, 3.8) is 0 Å². The molecule has 7 nitrogen and oxygen atoms in total. The van der Waals surface area contributed by atoms with Crippen molar-refractivity contribution in [2.45, 2.75) is 72.2 Å². The minimum Gasteiger partial charge on any atom is -0.480 e. The van der Waals surface area contributed by atoms with Gasteiger partial charge in [-0.2, -0.15) is 0 Å². The summed E-state index contributed by atoms with van der Waals surface area (Å²) in [5.41, 5.74) is 0. The van der Waals surface area contributed by atoms with Gasteiger partial charge in [0.2, 0.25) is 6.03 Å². The van der Waals surface area contributed by atoms with Gasteiger partial charge in [-0.25, -0.2) is 0 Å². The summed E-state index contributed by atoms with van der Waals surface area (Å²) in [7, 11) is -3.43. The van der Waals surface area contributed by atoms with Crippen molar-refractivity contribution >= 4 is 13.3 Å². The zero-order valence-electron chi connectivity index (χ0n) is 15.8. The molecular formula is C16H34NO6P. The summed E-state index contributed by atoms with van der Waals surface area (Å²) in [6, 6.07) is -1.80. The van der Waals surface area contributed by atoms with E-state index in [4.69, 9.17) is 14.0 Å². The number of carboxylic acid groups (broad SMARTS) is 1. The fourth-order valence-corrected chi connectivity index (χ4v) is 5.07. The highest BCUT2D eigenvalue weighted by atomic mass is 31.2. The highest BCUT2D eigenvalue weighted by Gasteiger charge is 2.44. The smallest absolute Gasteiger partial charge is 0.320 e. The van der Waals surface area contributed by atoms with Gasteiger partial charge in [0, 0.05) is 13.2 Å². The minimum absolute atomic E-state index is 0.192. The van der Waals surface area contributed by atoms with E-state index in [1.54, 1.807) is 20.8 Å². The Kier molecular flexibility index (Phi) is 11.8. The lowest BCUT2D eigenvalue weighted by atomic mass is 10.0. The average molecular weight is 367 g/mol. The van der Waals surface area contributed by atoms with E-state index in [-0.39, 0.29) is 12.5 Å². The third-order valence-electron chi connectivity index (χ3n) is 3.46. The molecule has 2 N–H and O–H groups in total. The number of aliphatic carboxylic acids is 1. The van der Waals surface area contributed by atoms with Crippen LogP contribution < -0.4 is 5.32 Å². The van der Waals surface area contributed by atoms with Gasteiger partial charge in [-0.1, -0.05) is 20.8 Å². The van der Waals surface area contributed by atoms with Crippen LogP contribution >= 0.6 is 7.37 Å². The van der Waals surface area contributed by atoms with Gasteiger partial charge in [0.1, 0.15) is 6.04 Å². The van der Waals surface area contributed by atoms with Crippen LogP contribution in [0.2, 0.25) is 0 Å². The van der Waals surface area contributed by atoms with Crippen LogP contribution in [0.25, 0.3) is 0 Å². The molecule has 0 aromatic carbocycles. The molecular weight excluding hydrogens is 333 g/mol. The van der Waals surface area contributed by atoms with Crippen LogP contribution in [0, 0.1) is 5.92 Å². The average Bonchev–Trinajstić information content (AvgIpc) is 2.50. The van der Waals surface area contributed by atoms with E-state index in [1.165, 1.54) is 0 Å². The Morgan fingerprint density at radius 3 is 1.96 bits per heavy atom. The lowest BCUT2D eigenvalue weighted by molar-refractivity contribution is -0.140. The van der Waals surface area contributed by atoms with Crippen molar-refractivity contribution in [1.82, 2.24) is 5.32 Å². The third kappa shape index (κ3) is 7.19.